The fraction of sp³-hybridized carbons (Fsp3) is 0.256. The molecule has 4 heterocycles. The van der Waals surface area contributed by atoms with Crippen LogP contribution in [0, 0.1) is 5.92 Å². The minimum atomic E-state index is -2.29. The summed E-state index contributed by atoms with van der Waals surface area (Å²) in [7, 11) is 0. The highest BCUT2D eigenvalue weighted by Crippen LogP contribution is 2.22. The lowest BCUT2D eigenvalue weighted by molar-refractivity contribution is -0.145. The van der Waals surface area contributed by atoms with Crippen LogP contribution in [0.1, 0.15) is 28.2 Å². The van der Waals surface area contributed by atoms with Gasteiger partial charge in [-0.1, -0.05) is 72.8 Å². The van der Waals surface area contributed by atoms with Gasteiger partial charge in [-0.3, -0.25) is 28.8 Å². The van der Waals surface area contributed by atoms with E-state index in [0.717, 1.165) is 11.1 Å². The number of aliphatic carboxylic acids is 1. The number of carbonyl (C=O) groups is 6. The molecule has 14 nitrogen and oxygen atoms in total. The Bertz CT molecular complexity index is 2190. The first kappa shape index (κ1) is 41.2. The number of amides is 4. The number of hydrogen-bond donors (Lipinski definition) is 7. The molecule has 0 fully saturated rings. The van der Waals surface area contributed by atoms with Crippen molar-refractivity contribution in [2.45, 2.75) is 62.4 Å². The van der Waals surface area contributed by atoms with Gasteiger partial charge in [0.2, 0.25) is 11.8 Å². The van der Waals surface area contributed by atoms with Crippen LogP contribution < -0.4 is 21.3 Å². The van der Waals surface area contributed by atoms with Crippen molar-refractivity contribution in [1.29, 1.82) is 0 Å². The van der Waals surface area contributed by atoms with Gasteiger partial charge in [-0.15, -0.1) is 11.3 Å². The number of hydrogen-bond acceptors (Lipinski definition) is 10. The summed E-state index contributed by atoms with van der Waals surface area (Å²) in [4.78, 5) is 81.9. The smallest absolute Gasteiger partial charge is 0.307 e. The maximum absolute atomic E-state index is 14.3. The second kappa shape index (κ2) is 19.1. The summed E-state index contributed by atoms with van der Waals surface area (Å²) >= 11 is 1.29. The molecule has 7 N–H and O–H groups in total. The lowest BCUT2D eigenvalue weighted by Crippen LogP contribution is -2.58. The molecule has 0 saturated heterocycles. The third-order valence-electron chi connectivity index (χ3n) is 9.78. The highest BCUT2D eigenvalue weighted by molar-refractivity contribution is 7.09. The summed E-state index contributed by atoms with van der Waals surface area (Å²) < 4.78 is 5.49. The van der Waals surface area contributed by atoms with Crippen molar-refractivity contribution in [2.75, 3.05) is 5.32 Å². The third-order valence-corrected chi connectivity index (χ3v) is 10.7. The van der Waals surface area contributed by atoms with Gasteiger partial charge < -0.3 is 41.0 Å². The van der Waals surface area contributed by atoms with Gasteiger partial charge in [0.25, 0.3) is 11.8 Å². The van der Waals surface area contributed by atoms with Crippen LogP contribution in [0.4, 0.5) is 5.69 Å². The molecule has 0 aliphatic carbocycles. The van der Waals surface area contributed by atoms with E-state index in [1.54, 1.807) is 41.8 Å². The van der Waals surface area contributed by atoms with Crippen LogP contribution in [0.25, 0.3) is 11.1 Å². The molecule has 0 unspecified atom stereocenters. The van der Waals surface area contributed by atoms with Gasteiger partial charge in [-0.25, -0.2) is 0 Å². The first-order valence-electron chi connectivity index (χ1n) is 18.5. The van der Waals surface area contributed by atoms with Gasteiger partial charge in [0.15, 0.2) is 18.0 Å². The van der Waals surface area contributed by atoms with E-state index in [4.69, 9.17) is 4.42 Å². The zero-order chi connectivity index (χ0) is 41.2. The van der Waals surface area contributed by atoms with Gasteiger partial charge in [-0.2, -0.15) is 0 Å². The van der Waals surface area contributed by atoms with Crippen molar-refractivity contribution >= 4 is 52.4 Å². The third kappa shape index (κ3) is 10.9. The maximum Gasteiger partial charge on any atom is 0.307 e. The van der Waals surface area contributed by atoms with Gasteiger partial charge in [-0.05, 0) is 64.4 Å². The summed E-state index contributed by atoms with van der Waals surface area (Å²) in [5.74, 6) is -6.63. The second-order valence-corrected chi connectivity index (χ2v) is 15.0. The van der Waals surface area contributed by atoms with Crippen molar-refractivity contribution in [3.05, 3.63) is 137 Å². The number of carboxylic acid groups (broad SMARTS) is 1. The molecule has 0 radical (unpaired) electrons. The van der Waals surface area contributed by atoms with Crippen molar-refractivity contribution in [1.82, 2.24) is 16.0 Å². The molecule has 58 heavy (non-hydrogen) atoms. The molecule has 2 aromatic heterocycles. The van der Waals surface area contributed by atoms with Gasteiger partial charge >= 0.3 is 5.97 Å². The van der Waals surface area contributed by atoms with Crippen LogP contribution in [0.3, 0.4) is 0 Å². The average molecular weight is 807 g/mol. The Morgan fingerprint density at radius 2 is 1.28 bits per heavy atom. The predicted octanol–water partition coefficient (Wildman–Crippen LogP) is 3.07. The molecule has 0 saturated carbocycles. The van der Waals surface area contributed by atoms with Crippen molar-refractivity contribution in [2.24, 2.45) is 5.92 Å². The quantitative estimate of drug-likeness (QED) is 0.114. The number of nitrogens with one attached hydrogen (secondary N) is 4. The first-order chi connectivity index (χ1) is 27.9. The highest BCUT2D eigenvalue weighted by atomic mass is 32.1. The lowest BCUT2D eigenvalue weighted by Gasteiger charge is -2.26. The van der Waals surface area contributed by atoms with Crippen LogP contribution in [-0.2, 0) is 54.5 Å². The van der Waals surface area contributed by atoms with Crippen molar-refractivity contribution in [3.63, 3.8) is 0 Å². The second-order valence-electron chi connectivity index (χ2n) is 14.0. The number of carboxylic acids is 1. The van der Waals surface area contributed by atoms with Crippen molar-refractivity contribution in [3.8, 4) is 11.1 Å². The summed E-state index contributed by atoms with van der Waals surface area (Å²) in [5.41, 5.74) is 3.19. The van der Waals surface area contributed by atoms with Crippen LogP contribution in [0.2, 0.25) is 0 Å². The number of benzene rings is 3. The number of Topliss-reactive ketones (excluding diaryl/α,β-unsaturated/α-hetero) is 1. The Labute approximate surface area is 337 Å². The van der Waals surface area contributed by atoms with Gasteiger partial charge in [0.1, 0.15) is 17.8 Å². The Balaban J connectivity index is 1.36. The number of thiophene rings is 1. The van der Waals surface area contributed by atoms with E-state index < -0.39 is 78.1 Å². The van der Waals surface area contributed by atoms with Gasteiger partial charge in [0, 0.05) is 36.2 Å². The minimum Gasteiger partial charge on any atom is -0.481 e. The number of fused-ring (bicyclic) bond motifs is 18. The molecule has 2 aliphatic heterocycles. The SMILES string of the molecule is O=C(O)[C@H]1CC(=O)[C@@H](Cc2ccco2)NC(=O)[C@H](Cc2ccc(-c3ccccc3)cc2)NC(=O)[C@@H](Cc2cccs2)NC(=O)[C@H](O)[C@@H](O)C(=O)Nc2ccc(cc2)C1. The summed E-state index contributed by atoms with van der Waals surface area (Å²) in [6.07, 6.45) is -3.93. The van der Waals surface area contributed by atoms with E-state index in [2.05, 4.69) is 21.3 Å². The molecule has 4 amide bonds. The summed E-state index contributed by atoms with van der Waals surface area (Å²) in [5, 5.41) is 43.7. The number of aliphatic hydroxyl groups excluding tert-OH is 2. The Hall–Kier alpha value is -6.42. The van der Waals surface area contributed by atoms with Crippen LogP contribution in [-0.4, -0.2) is 81.0 Å². The summed E-state index contributed by atoms with van der Waals surface area (Å²) in [6, 6.07) is 25.6. The number of anilines is 1. The number of aliphatic hydroxyl groups is 2. The number of rotatable bonds is 8. The molecule has 15 heteroatoms. The van der Waals surface area contributed by atoms with E-state index in [1.165, 1.54) is 41.9 Å². The largest absolute Gasteiger partial charge is 0.481 e. The average Bonchev–Trinajstić information content (AvgIpc) is 3.95. The van der Waals surface area contributed by atoms with E-state index in [9.17, 15) is 44.1 Å². The molecule has 2 aliphatic rings. The number of carbonyl (C=O) groups excluding carboxylic acids is 5. The normalized spacial score (nSPS) is 22.6. The fourth-order valence-corrected chi connectivity index (χ4v) is 7.32. The Morgan fingerprint density at radius 3 is 1.91 bits per heavy atom. The van der Waals surface area contributed by atoms with E-state index in [0.29, 0.717) is 21.8 Å². The predicted molar refractivity (Wildman–Crippen MR) is 213 cm³/mol. The molecule has 5 aromatic rings. The molecule has 7 rings (SSSR count). The fourth-order valence-electron chi connectivity index (χ4n) is 6.57. The monoisotopic (exact) mass is 806 g/mol. The first-order valence-corrected chi connectivity index (χ1v) is 19.4. The summed E-state index contributed by atoms with van der Waals surface area (Å²) in [6.45, 7) is 0. The van der Waals surface area contributed by atoms with Gasteiger partial charge in [0.05, 0.1) is 18.2 Å². The molecule has 0 spiro atoms. The molecule has 2 bridgehead atoms. The van der Waals surface area contributed by atoms with Crippen LogP contribution in [0.15, 0.2) is 119 Å². The topological polar surface area (TPSA) is 224 Å². The van der Waals surface area contributed by atoms with Crippen LogP contribution in [0.5, 0.6) is 0 Å². The Morgan fingerprint density at radius 1 is 0.638 bits per heavy atom. The number of ketones is 1. The molecule has 3 aromatic carbocycles. The van der Waals surface area contributed by atoms with E-state index in [1.807, 2.05) is 42.5 Å². The molecular weight excluding hydrogens is 765 g/mol. The Kier molecular flexibility index (Phi) is 13.6. The number of furan rings is 1. The molecule has 6 atom stereocenters. The van der Waals surface area contributed by atoms with Crippen LogP contribution >= 0.6 is 11.3 Å². The van der Waals surface area contributed by atoms with Crippen molar-refractivity contribution < 1.29 is 48.5 Å². The molecular formula is C43H42N4O10S. The zero-order valence-electron chi connectivity index (χ0n) is 31.1. The maximum atomic E-state index is 14.3. The molecule has 300 valence electrons. The van der Waals surface area contributed by atoms with E-state index in [-0.39, 0.29) is 31.4 Å². The zero-order valence-corrected chi connectivity index (χ0v) is 31.9. The minimum absolute atomic E-state index is 0.0664. The van der Waals surface area contributed by atoms with E-state index >= 15 is 0 Å². The standard InChI is InChI=1S/C43H42N4O10S/c48-36-22-29(43(55)56)20-25-12-16-30(17-13-25)44-41(53)37(49)38(50)42(54)47-35(24-32-9-5-19-58-32)40(52)46-34(39(51)45-33(36)23-31-8-4-18-57-31)21-26-10-14-28(15-11-26)27-6-2-1-3-7-27/h1-19,29,33-35,37-38,49-50H,20-24H2,(H,44,53)(H,45,51)(H,46,52)(H,47,54)(H,55,56)/t29-,33-,34+,35-,37-,38-/m1/s1. The lowest BCUT2D eigenvalue weighted by atomic mass is 9.91. The highest BCUT2D eigenvalue weighted by Gasteiger charge is 2.36.